The molecule has 0 aliphatic rings. The fourth-order valence-electron chi connectivity index (χ4n) is 0.514. The van der Waals surface area contributed by atoms with Crippen LogP contribution >= 0.6 is 0 Å². The molecule has 0 N–H and O–H groups in total. The van der Waals surface area contributed by atoms with E-state index in [0.717, 1.165) is 12.2 Å². The van der Waals surface area contributed by atoms with E-state index in [1.807, 2.05) is 12.1 Å². The van der Waals surface area contributed by atoms with Gasteiger partial charge in [-0.15, -0.1) is 0 Å². The number of hydrogen-bond acceptors (Lipinski definition) is 1. The molecule has 0 amide bonds. The summed E-state index contributed by atoms with van der Waals surface area (Å²) in [4.78, 5) is 0. The predicted molar refractivity (Wildman–Crippen MR) is 41.5 cm³/mol. The zero-order chi connectivity index (χ0) is 5.11. The van der Waals surface area contributed by atoms with E-state index in [1.165, 1.54) is 0 Å². The van der Waals surface area contributed by atoms with Gasteiger partial charge in [0.2, 0.25) is 0 Å². The molecular weight excluding hydrogens is 112 g/mol. The second kappa shape index (κ2) is 5.42. The van der Waals surface area contributed by atoms with Gasteiger partial charge in [0.15, 0.2) is 0 Å². The van der Waals surface area contributed by atoms with Gasteiger partial charge in [0, 0.05) is 6.42 Å². The Hall–Kier alpha value is -0.720. The third-order valence-electron chi connectivity index (χ3n) is 0.929. The highest BCUT2D eigenvalue weighted by molar-refractivity contribution is 4.96. The Morgan fingerprint density at radius 3 is 2.33 bits per heavy atom. The molecule has 0 atom stereocenters. The second-order valence-electron chi connectivity index (χ2n) is 1.43. The van der Waals surface area contributed by atoms with Crippen LogP contribution < -0.4 is 0 Å². The molecule has 1 heterocycles. The number of rotatable bonds is 1. The number of aryl methyl sites for hydroxylation is 1. The summed E-state index contributed by atoms with van der Waals surface area (Å²) in [5.41, 5.74) is 0. The topological polar surface area (TPSA) is 13.1 Å². The molecule has 0 unspecified atom stereocenters. The Morgan fingerprint density at radius 2 is 2.11 bits per heavy atom. The van der Waals surface area contributed by atoms with Gasteiger partial charge in [0.25, 0.3) is 0 Å². The molecule has 1 aromatic rings. The second-order valence-corrected chi connectivity index (χ2v) is 1.43. The number of furan rings is 1. The molecule has 0 aliphatic heterocycles. The summed E-state index contributed by atoms with van der Waals surface area (Å²) in [6, 6.07) is 3.87. The third-order valence-corrected chi connectivity index (χ3v) is 0.929. The maximum atomic E-state index is 4.98. The van der Waals surface area contributed by atoms with Gasteiger partial charge in [-0.25, -0.2) is 0 Å². The van der Waals surface area contributed by atoms with Crippen molar-refractivity contribution in [3.63, 3.8) is 0 Å². The highest BCUT2D eigenvalue weighted by Gasteiger charge is 1.84. The normalized spacial score (nSPS) is 7.22. The molecule has 0 aromatic carbocycles. The highest BCUT2D eigenvalue weighted by atomic mass is 16.3. The molecule has 0 bridgehead atoms. The van der Waals surface area contributed by atoms with Crippen LogP contribution in [0.1, 0.15) is 27.5 Å². The van der Waals surface area contributed by atoms with Gasteiger partial charge in [-0.2, -0.15) is 0 Å². The first-order valence-corrected chi connectivity index (χ1v) is 2.46. The lowest BCUT2D eigenvalue weighted by atomic mass is 10.4. The van der Waals surface area contributed by atoms with E-state index in [4.69, 9.17) is 4.42 Å². The van der Waals surface area contributed by atoms with Gasteiger partial charge in [0.1, 0.15) is 5.76 Å². The highest BCUT2D eigenvalue weighted by Crippen LogP contribution is 1.98. The zero-order valence-electron chi connectivity index (χ0n) is 4.35. The van der Waals surface area contributed by atoms with E-state index in [0.29, 0.717) is 0 Å². The smallest absolute Gasteiger partial charge is 0.103 e. The molecule has 1 aromatic heterocycles. The van der Waals surface area contributed by atoms with E-state index in [-0.39, 0.29) is 14.9 Å². The standard InChI is InChI=1S/C6H8O.2CH4/c1-2-6-4-3-5-7-6;;/h3-5H,2H2,1H3;2*1H4. The van der Waals surface area contributed by atoms with Crippen LogP contribution in [0.3, 0.4) is 0 Å². The van der Waals surface area contributed by atoms with Crippen LogP contribution in [0.15, 0.2) is 22.8 Å². The SMILES string of the molecule is C.C.CCc1ccco1. The molecule has 54 valence electrons. The molecule has 0 spiro atoms. The van der Waals surface area contributed by atoms with Crippen molar-refractivity contribution in [2.45, 2.75) is 28.2 Å². The first-order valence-electron chi connectivity index (χ1n) is 2.46. The molecule has 0 radical (unpaired) electrons. The predicted octanol–water partition coefficient (Wildman–Crippen LogP) is 3.11. The summed E-state index contributed by atoms with van der Waals surface area (Å²) in [7, 11) is 0. The molecule has 0 saturated carbocycles. The fourth-order valence-corrected chi connectivity index (χ4v) is 0.514. The van der Waals surface area contributed by atoms with E-state index in [2.05, 4.69) is 6.92 Å². The van der Waals surface area contributed by atoms with Crippen LogP contribution in [0.5, 0.6) is 0 Å². The van der Waals surface area contributed by atoms with Gasteiger partial charge < -0.3 is 4.42 Å². The van der Waals surface area contributed by atoms with E-state index < -0.39 is 0 Å². The summed E-state index contributed by atoms with van der Waals surface area (Å²) < 4.78 is 4.98. The molecule has 9 heavy (non-hydrogen) atoms. The van der Waals surface area contributed by atoms with Gasteiger partial charge in [-0.1, -0.05) is 21.8 Å². The van der Waals surface area contributed by atoms with Crippen molar-refractivity contribution in [3.8, 4) is 0 Å². The summed E-state index contributed by atoms with van der Waals surface area (Å²) in [5.74, 6) is 1.06. The lowest BCUT2D eigenvalue weighted by Crippen LogP contribution is -1.66. The van der Waals surface area contributed by atoms with Crippen LogP contribution in [0.25, 0.3) is 0 Å². The van der Waals surface area contributed by atoms with Crippen LogP contribution in [-0.4, -0.2) is 0 Å². The minimum Gasteiger partial charge on any atom is -0.469 e. The molecule has 1 rings (SSSR count). The van der Waals surface area contributed by atoms with Crippen molar-refractivity contribution in [1.29, 1.82) is 0 Å². The average Bonchev–Trinajstić information content (AvgIpc) is 2.14. The molecule has 1 nitrogen and oxygen atoms in total. The van der Waals surface area contributed by atoms with Gasteiger partial charge >= 0.3 is 0 Å². The molecule has 1 heteroatoms. The largest absolute Gasteiger partial charge is 0.469 e. The Morgan fingerprint density at radius 1 is 1.44 bits per heavy atom. The minimum atomic E-state index is 0. The van der Waals surface area contributed by atoms with Gasteiger partial charge in [-0.3, -0.25) is 0 Å². The Bertz CT molecular complexity index is 119. The maximum Gasteiger partial charge on any atom is 0.103 e. The summed E-state index contributed by atoms with van der Waals surface area (Å²) in [5, 5.41) is 0. The van der Waals surface area contributed by atoms with Crippen LogP contribution in [-0.2, 0) is 6.42 Å². The van der Waals surface area contributed by atoms with Gasteiger partial charge in [0.05, 0.1) is 6.26 Å². The Labute approximate surface area is 57.7 Å². The summed E-state index contributed by atoms with van der Waals surface area (Å²) in [6.07, 6.45) is 2.69. The molecule has 0 aliphatic carbocycles. The third kappa shape index (κ3) is 2.96. The minimum absolute atomic E-state index is 0. The van der Waals surface area contributed by atoms with Crippen molar-refractivity contribution in [2.75, 3.05) is 0 Å². The lowest BCUT2D eigenvalue weighted by molar-refractivity contribution is 0.516. The van der Waals surface area contributed by atoms with Crippen molar-refractivity contribution in [2.24, 2.45) is 0 Å². The quantitative estimate of drug-likeness (QED) is 0.566. The molecule has 0 fully saturated rings. The maximum absolute atomic E-state index is 4.98. The zero-order valence-corrected chi connectivity index (χ0v) is 4.35. The number of hydrogen-bond donors (Lipinski definition) is 0. The Balaban J connectivity index is 0. The lowest BCUT2D eigenvalue weighted by Gasteiger charge is -1.79. The Kier molecular flexibility index (Phi) is 6.70. The van der Waals surface area contributed by atoms with Crippen molar-refractivity contribution in [1.82, 2.24) is 0 Å². The summed E-state index contributed by atoms with van der Waals surface area (Å²) >= 11 is 0. The van der Waals surface area contributed by atoms with E-state index in [1.54, 1.807) is 6.26 Å². The molecule has 0 saturated heterocycles. The molecular formula is C8H16O. The van der Waals surface area contributed by atoms with Crippen molar-refractivity contribution >= 4 is 0 Å². The van der Waals surface area contributed by atoms with Crippen LogP contribution in [0.4, 0.5) is 0 Å². The first kappa shape index (κ1) is 11.1. The van der Waals surface area contributed by atoms with Gasteiger partial charge in [-0.05, 0) is 12.1 Å². The first-order chi connectivity index (χ1) is 3.43. The monoisotopic (exact) mass is 128 g/mol. The fraction of sp³-hybridized carbons (Fsp3) is 0.500. The van der Waals surface area contributed by atoms with E-state index in [9.17, 15) is 0 Å². The van der Waals surface area contributed by atoms with Crippen LogP contribution in [0.2, 0.25) is 0 Å². The van der Waals surface area contributed by atoms with E-state index >= 15 is 0 Å². The summed E-state index contributed by atoms with van der Waals surface area (Å²) in [6.45, 7) is 2.07. The van der Waals surface area contributed by atoms with Crippen molar-refractivity contribution in [3.05, 3.63) is 24.2 Å². The average molecular weight is 128 g/mol. The van der Waals surface area contributed by atoms with Crippen LogP contribution in [0, 0.1) is 0 Å². The van der Waals surface area contributed by atoms with Crippen molar-refractivity contribution < 1.29 is 4.42 Å².